The summed E-state index contributed by atoms with van der Waals surface area (Å²) in [4.78, 5) is 22.4. The van der Waals surface area contributed by atoms with Crippen molar-refractivity contribution in [3.05, 3.63) is 29.6 Å². The van der Waals surface area contributed by atoms with Crippen molar-refractivity contribution >= 4 is 17.7 Å². The number of nitrogens with one attached hydrogen (secondary N) is 2. The summed E-state index contributed by atoms with van der Waals surface area (Å²) in [7, 11) is 0. The molecule has 20 heavy (non-hydrogen) atoms. The number of halogens is 1. The first kappa shape index (κ1) is 14.3. The lowest BCUT2D eigenvalue weighted by Gasteiger charge is -2.14. The minimum Gasteiger partial charge on any atom is -0.478 e. The van der Waals surface area contributed by atoms with E-state index in [4.69, 9.17) is 5.11 Å². The van der Waals surface area contributed by atoms with Crippen LogP contribution in [0.4, 0.5) is 14.9 Å². The van der Waals surface area contributed by atoms with E-state index in [-0.39, 0.29) is 17.3 Å². The molecule has 1 saturated carbocycles. The van der Waals surface area contributed by atoms with E-state index in [9.17, 15) is 14.0 Å². The van der Waals surface area contributed by atoms with Crippen LogP contribution in [-0.2, 0) is 0 Å². The molecule has 0 radical (unpaired) electrons. The van der Waals surface area contributed by atoms with Gasteiger partial charge >= 0.3 is 12.0 Å². The standard InChI is InChI=1S/C14H17FN2O3/c1-8-2-4-10(6-8)16-14(20)17-12-5-3-9(13(18)19)7-11(12)15/h3,5,7-8,10H,2,4,6H2,1H3,(H,18,19)(H2,16,17,20). The van der Waals surface area contributed by atoms with E-state index >= 15 is 0 Å². The molecule has 0 aromatic heterocycles. The number of hydrogen-bond acceptors (Lipinski definition) is 2. The fourth-order valence-corrected chi connectivity index (χ4v) is 2.43. The Kier molecular flexibility index (Phi) is 4.22. The summed E-state index contributed by atoms with van der Waals surface area (Å²) in [6.07, 6.45) is 2.93. The van der Waals surface area contributed by atoms with Crippen molar-refractivity contribution in [1.29, 1.82) is 0 Å². The molecule has 0 heterocycles. The van der Waals surface area contributed by atoms with Gasteiger partial charge < -0.3 is 15.7 Å². The van der Waals surface area contributed by atoms with Crippen molar-refractivity contribution in [2.24, 2.45) is 5.92 Å². The van der Waals surface area contributed by atoms with Gasteiger partial charge in [-0.1, -0.05) is 6.92 Å². The second kappa shape index (κ2) is 5.90. The molecule has 0 spiro atoms. The van der Waals surface area contributed by atoms with Crippen molar-refractivity contribution in [3.8, 4) is 0 Å². The van der Waals surface area contributed by atoms with Gasteiger partial charge in [0.25, 0.3) is 0 Å². The summed E-state index contributed by atoms with van der Waals surface area (Å²) in [6, 6.07) is 3.03. The molecule has 5 nitrogen and oxygen atoms in total. The number of carbonyl (C=O) groups excluding carboxylic acids is 1. The van der Waals surface area contributed by atoms with Gasteiger partial charge in [-0.2, -0.15) is 0 Å². The highest BCUT2D eigenvalue weighted by Crippen LogP contribution is 2.24. The van der Waals surface area contributed by atoms with Crippen LogP contribution in [-0.4, -0.2) is 23.1 Å². The first-order valence-electron chi connectivity index (χ1n) is 6.56. The maximum atomic E-state index is 13.6. The molecule has 1 aliphatic rings. The van der Waals surface area contributed by atoms with Gasteiger partial charge in [0.15, 0.2) is 0 Å². The fourth-order valence-electron chi connectivity index (χ4n) is 2.43. The monoisotopic (exact) mass is 280 g/mol. The number of carboxylic acids is 1. The van der Waals surface area contributed by atoms with Crippen LogP contribution >= 0.6 is 0 Å². The van der Waals surface area contributed by atoms with Gasteiger partial charge in [0.05, 0.1) is 11.3 Å². The Hall–Kier alpha value is -2.11. The van der Waals surface area contributed by atoms with Crippen molar-refractivity contribution in [2.75, 3.05) is 5.32 Å². The minimum atomic E-state index is -1.21. The Morgan fingerprint density at radius 1 is 1.35 bits per heavy atom. The van der Waals surface area contributed by atoms with Crippen LogP contribution < -0.4 is 10.6 Å². The number of benzene rings is 1. The zero-order chi connectivity index (χ0) is 14.7. The molecular weight excluding hydrogens is 263 g/mol. The number of amides is 2. The summed E-state index contributed by atoms with van der Waals surface area (Å²) in [5.41, 5.74) is -0.184. The van der Waals surface area contributed by atoms with Gasteiger partial charge in [-0.3, -0.25) is 0 Å². The molecule has 108 valence electrons. The zero-order valence-electron chi connectivity index (χ0n) is 11.1. The third-order valence-electron chi connectivity index (χ3n) is 3.49. The maximum absolute atomic E-state index is 13.6. The second-order valence-corrected chi connectivity index (χ2v) is 5.21. The Labute approximate surface area is 116 Å². The average Bonchev–Trinajstić information content (AvgIpc) is 2.77. The lowest BCUT2D eigenvalue weighted by Crippen LogP contribution is -2.36. The van der Waals surface area contributed by atoms with Crippen molar-refractivity contribution in [1.82, 2.24) is 5.32 Å². The molecule has 0 saturated heterocycles. The Bertz CT molecular complexity index is 533. The quantitative estimate of drug-likeness (QED) is 0.796. The van der Waals surface area contributed by atoms with Crippen LogP contribution in [0.25, 0.3) is 0 Å². The molecular formula is C14H17FN2O3. The normalized spacial score (nSPS) is 21.5. The Morgan fingerprint density at radius 3 is 2.65 bits per heavy atom. The van der Waals surface area contributed by atoms with E-state index in [1.807, 2.05) is 0 Å². The molecule has 2 amide bonds. The third-order valence-corrected chi connectivity index (χ3v) is 3.49. The smallest absolute Gasteiger partial charge is 0.335 e. The number of urea groups is 1. The van der Waals surface area contributed by atoms with Crippen LogP contribution in [0.15, 0.2) is 18.2 Å². The SMILES string of the molecule is CC1CCC(NC(=O)Nc2ccc(C(=O)O)cc2F)C1. The maximum Gasteiger partial charge on any atom is 0.335 e. The van der Waals surface area contributed by atoms with Crippen molar-refractivity contribution in [3.63, 3.8) is 0 Å². The van der Waals surface area contributed by atoms with Crippen LogP contribution in [0, 0.1) is 11.7 Å². The number of hydrogen-bond donors (Lipinski definition) is 3. The highest BCUT2D eigenvalue weighted by atomic mass is 19.1. The van der Waals surface area contributed by atoms with Gasteiger partial charge in [-0.15, -0.1) is 0 Å². The summed E-state index contributed by atoms with van der Waals surface area (Å²) in [5.74, 6) is -1.38. The largest absolute Gasteiger partial charge is 0.478 e. The van der Waals surface area contributed by atoms with Gasteiger partial charge in [0.2, 0.25) is 0 Å². The van der Waals surface area contributed by atoms with Crippen molar-refractivity contribution < 1.29 is 19.1 Å². The van der Waals surface area contributed by atoms with Gasteiger partial charge in [0.1, 0.15) is 5.82 Å². The van der Waals surface area contributed by atoms with E-state index in [2.05, 4.69) is 17.6 Å². The van der Waals surface area contributed by atoms with E-state index in [1.54, 1.807) is 0 Å². The molecule has 2 unspecified atom stereocenters. The third kappa shape index (κ3) is 3.46. The van der Waals surface area contributed by atoms with Gasteiger partial charge in [-0.25, -0.2) is 14.0 Å². The highest BCUT2D eigenvalue weighted by Gasteiger charge is 2.23. The predicted octanol–water partition coefficient (Wildman–Crippen LogP) is 2.83. The Balaban J connectivity index is 1.95. The number of anilines is 1. The summed E-state index contributed by atoms with van der Waals surface area (Å²) in [5, 5.41) is 13.9. The first-order chi connectivity index (χ1) is 9.45. The molecule has 3 N–H and O–H groups in total. The molecule has 1 aliphatic carbocycles. The van der Waals surface area contributed by atoms with Crippen LogP contribution in [0.3, 0.4) is 0 Å². The molecule has 6 heteroatoms. The molecule has 2 atom stereocenters. The topological polar surface area (TPSA) is 78.4 Å². The van der Waals surface area contributed by atoms with E-state index in [0.717, 1.165) is 25.3 Å². The van der Waals surface area contributed by atoms with E-state index < -0.39 is 17.8 Å². The molecule has 1 aromatic rings. The highest BCUT2D eigenvalue weighted by molar-refractivity contribution is 5.91. The molecule has 0 aliphatic heterocycles. The number of carboxylic acid groups (broad SMARTS) is 1. The van der Waals surface area contributed by atoms with Crippen LogP contribution in [0.5, 0.6) is 0 Å². The average molecular weight is 280 g/mol. The molecule has 2 rings (SSSR count). The van der Waals surface area contributed by atoms with Crippen molar-refractivity contribution in [2.45, 2.75) is 32.2 Å². The number of rotatable bonds is 3. The van der Waals surface area contributed by atoms with Gasteiger partial charge in [0, 0.05) is 6.04 Å². The first-order valence-corrected chi connectivity index (χ1v) is 6.56. The molecule has 0 bridgehead atoms. The van der Waals surface area contributed by atoms with Crippen LogP contribution in [0.2, 0.25) is 0 Å². The predicted molar refractivity (Wildman–Crippen MR) is 72.3 cm³/mol. The number of aromatic carboxylic acids is 1. The zero-order valence-corrected chi connectivity index (χ0v) is 11.1. The van der Waals surface area contributed by atoms with E-state index in [0.29, 0.717) is 5.92 Å². The summed E-state index contributed by atoms with van der Waals surface area (Å²) in [6.45, 7) is 2.13. The summed E-state index contributed by atoms with van der Waals surface area (Å²) < 4.78 is 13.6. The molecule has 1 aromatic carbocycles. The second-order valence-electron chi connectivity index (χ2n) is 5.21. The van der Waals surface area contributed by atoms with E-state index in [1.165, 1.54) is 12.1 Å². The number of carbonyl (C=O) groups is 2. The fraction of sp³-hybridized carbons (Fsp3) is 0.429. The van der Waals surface area contributed by atoms with Crippen LogP contribution in [0.1, 0.15) is 36.5 Å². The minimum absolute atomic E-state index is 0.0291. The lowest BCUT2D eigenvalue weighted by atomic mass is 10.1. The summed E-state index contributed by atoms with van der Waals surface area (Å²) >= 11 is 0. The lowest BCUT2D eigenvalue weighted by molar-refractivity contribution is 0.0696. The van der Waals surface area contributed by atoms with Gasteiger partial charge in [-0.05, 0) is 43.4 Å². The Morgan fingerprint density at radius 2 is 2.10 bits per heavy atom. The molecule has 1 fully saturated rings.